The molecule has 1 aliphatic carbocycles. The predicted octanol–water partition coefficient (Wildman–Crippen LogP) is 7.12. The molecule has 3 aromatic heterocycles. The molecule has 1 aromatic carbocycles. The number of hydrogen-bond acceptors (Lipinski definition) is 7. The van der Waals surface area contributed by atoms with Crippen LogP contribution in [-0.2, 0) is 5.54 Å². The Morgan fingerprint density at radius 2 is 1.95 bits per heavy atom. The normalized spacial score (nSPS) is 15.3. The van der Waals surface area contributed by atoms with Gasteiger partial charge in [0.2, 0.25) is 5.95 Å². The van der Waals surface area contributed by atoms with E-state index in [2.05, 4.69) is 37.0 Å². The number of pyridine rings is 2. The SMILES string of the molecule is Cc1nc(F)ccc1C(Nc1cc(Cl)c2ncc(C#N)c(NCC(C)(C)CCl)c2c1)c1cn(C2(C(F)(F)F)CC2)nn1. The summed E-state index contributed by atoms with van der Waals surface area (Å²) in [5.74, 6) is -0.325. The van der Waals surface area contributed by atoms with Crippen molar-refractivity contribution >= 4 is 45.5 Å². The number of benzene rings is 1. The Kier molecular flexibility index (Phi) is 7.70. The lowest BCUT2D eigenvalue weighted by atomic mass is 9.96. The van der Waals surface area contributed by atoms with Crippen molar-refractivity contribution < 1.29 is 17.6 Å². The van der Waals surface area contributed by atoms with Crippen LogP contribution in [-0.4, -0.2) is 43.6 Å². The van der Waals surface area contributed by atoms with Gasteiger partial charge in [-0.05, 0) is 43.4 Å². The molecule has 1 fully saturated rings. The van der Waals surface area contributed by atoms with Gasteiger partial charge in [-0.15, -0.1) is 16.7 Å². The van der Waals surface area contributed by atoms with Crippen LogP contribution in [0.25, 0.3) is 10.9 Å². The van der Waals surface area contributed by atoms with Crippen molar-refractivity contribution in [1.82, 2.24) is 25.0 Å². The van der Waals surface area contributed by atoms with E-state index in [0.717, 1.165) is 10.7 Å². The zero-order valence-corrected chi connectivity index (χ0v) is 24.3. The molecule has 8 nitrogen and oxygen atoms in total. The summed E-state index contributed by atoms with van der Waals surface area (Å²) >= 11 is 12.7. The highest BCUT2D eigenvalue weighted by Gasteiger charge is 2.66. The summed E-state index contributed by atoms with van der Waals surface area (Å²) in [6.45, 7) is 5.99. The number of fused-ring (bicyclic) bond motifs is 1. The Morgan fingerprint density at radius 1 is 1.21 bits per heavy atom. The van der Waals surface area contributed by atoms with E-state index in [9.17, 15) is 22.8 Å². The summed E-state index contributed by atoms with van der Waals surface area (Å²) in [6, 6.07) is 7.26. The van der Waals surface area contributed by atoms with Crippen molar-refractivity contribution in [1.29, 1.82) is 5.26 Å². The summed E-state index contributed by atoms with van der Waals surface area (Å²) in [7, 11) is 0. The number of anilines is 2. The molecule has 1 unspecified atom stereocenters. The van der Waals surface area contributed by atoms with E-state index < -0.39 is 23.7 Å². The first-order chi connectivity index (χ1) is 19.8. The molecule has 0 spiro atoms. The number of nitriles is 1. The molecule has 42 heavy (non-hydrogen) atoms. The van der Waals surface area contributed by atoms with Crippen LogP contribution < -0.4 is 10.6 Å². The van der Waals surface area contributed by atoms with Crippen LogP contribution in [0.15, 0.2) is 36.7 Å². The topological polar surface area (TPSA) is 104 Å². The number of aromatic nitrogens is 5. The fourth-order valence-electron chi connectivity index (χ4n) is 4.70. The molecule has 0 bridgehead atoms. The average Bonchev–Trinajstić information content (AvgIpc) is 3.62. The standard InChI is InChI=1S/C28H26Cl2F4N8/c1-15-18(4-5-22(31)38-15)25(21-12-42(41-40-21)27(6-7-27)28(32,33)34)39-17-8-19-23(37-14-26(2,3)13-29)16(10-35)11-36-24(19)20(30)9-17/h4-5,8-9,11-12,25,39H,6-7,13-14H2,1-3H3,(H,36,37). The molecule has 1 atom stereocenters. The highest BCUT2D eigenvalue weighted by atomic mass is 35.5. The van der Waals surface area contributed by atoms with Crippen molar-refractivity contribution in [2.24, 2.45) is 5.41 Å². The summed E-state index contributed by atoms with van der Waals surface area (Å²) in [5, 5.41) is 25.1. The third-order valence-electron chi connectivity index (χ3n) is 7.36. The fourth-order valence-corrected chi connectivity index (χ4v) is 5.06. The van der Waals surface area contributed by atoms with E-state index >= 15 is 0 Å². The molecule has 0 amide bonds. The molecule has 220 valence electrons. The van der Waals surface area contributed by atoms with Gasteiger partial charge in [-0.2, -0.15) is 22.8 Å². The molecule has 5 rings (SSSR count). The Balaban J connectivity index is 1.60. The molecular formula is C28H26Cl2F4N8. The van der Waals surface area contributed by atoms with E-state index in [-0.39, 0.29) is 29.0 Å². The van der Waals surface area contributed by atoms with Gasteiger partial charge in [0, 0.05) is 41.0 Å². The molecule has 4 aromatic rings. The first-order valence-electron chi connectivity index (χ1n) is 13.0. The Labute approximate surface area is 249 Å². The van der Waals surface area contributed by atoms with Gasteiger partial charge in [-0.3, -0.25) is 4.98 Å². The molecule has 0 aliphatic heterocycles. The maximum absolute atomic E-state index is 13.9. The number of alkyl halides is 4. The lowest BCUT2D eigenvalue weighted by Gasteiger charge is -2.24. The van der Waals surface area contributed by atoms with Gasteiger partial charge < -0.3 is 10.6 Å². The van der Waals surface area contributed by atoms with E-state index in [4.69, 9.17) is 23.2 Å². The molecular weight excluding hydrogens is 595 g/mol. The van der Waals surface area contributed by atoms with Gasteiger partial charge in [0.05, 0.1) is 34.0 Å². The van der Waals surface area contributed by atoms with Crippen molar-refractivity contribution in [2.75, 3.05) is 23.1 Å². The molecule has 14 heteroatoms. The van der Waals surface area contributed by atoms with Crippen LogP contribution >= 0.6 is 23.2 Å². The largest absolute Gasteiger partial charge is 0.413 e. The van der Waals surface area contributed by atoms with Gasteiger partial charge in [0.15, 0.2) is 5.54 Å². The van der Waals surface area contributed by atoms with Crippen LogP contribution in [0.3, 0.4) is 0 Å². The third-order valence-corrected chi connectivity index (χ3v) is 8.37. The van der Waals surface area contributed by atoms with E-state index in [0.29, 0.717) is 51.5 Å². The average molecular weight is 621 g/mol. The van der Waals surface area contributed by atoms with Crippen molar-refractivity contribution in [3.63, 3.8) is 0 Å². The number of nitrogens with zero attached hydrogens (tertiary/aromatic N) is 6. The van der Waals surface area contributed by atoms with Crippen molar-refractivity contribution in [3.05, 3.63) is 70.1 Å². The zero-order valence-electron chi connectivity index (χ0n) is 22.8. The van der Waals surface area contributed by atoms with Gasteiger partial charge in [-0.1, -0.05) is 36.7 Å². The monoisotopic (exact) mass is 620 g/mol. The van der Waals surface area contributed by atoms with E-state index in [1.54, 1.807) is 19.1 Å². The Morgan fingerprint density at radius 3 is 2.57 bits per heavy atom. The molecule has 1 aliphatic rings. The van der Waals surface area contributed by atoms with Gasteiger partial charge in [0.25, 0.3) is 0 Å². The second kappa shape index (κ2) is 10.9. The summed E-state index contributed by atoms with van der Waals surface area (Å²) in [5.41, 5.74) is 0.261. The lowest BCUT2D eigenvalue weighted by molar-refractivity contribution is -0.182. The van der Waals surface area contributed by atoms with Crippen LogP contribution in [0.5, 0.6) is 0 Å². The van der Waals surface area contributed by atoms with Crippen LogP contribution in [0, 0.1) is 29.6 Å². The van der Waals surface area contributed by atoms with Crippen molar-refractivity contribution in [2.45, 2.75) is 51.4 Å². The number of rotatable bonds is 9. The second-order valence-electron chi connectivity index (χ2n) is 11.2. The minimum atomic E-state index is -4.49. The first-order valence-corrected chi connectivity index (χ1v) is 13.9. The quantitative estimate of drug-likeness (QED) is 0.117. The summed E-state index contributed by atoms with van der Waals surface area (Å²) in [6.07, 6.45) is -2.01. The molecule has 1 saturated carbocycles. The third kappa shape index (κ3) is 5.55. The summed E-state index contributed by atoms with van der Waals surface area (Å²) in [4.78, 5) is 8.26. The smallest absolute Gasteiger partial charge is 0.383 e. The first kappa shape index (κ1) is 29.8. The highest BCUT2D eigenvalue weighted by molar-refractivity contribution is 6.35. The maximum Gasteiger partial charge on any atom is 0.413 e. The lowest BCUT2D eigenvalue weighted by Crippen LogP contribution is -2.35. The van der Waals surface area contributed by atoms with E-state index in [1.165, 1.54) is 18.5 Å². The van der Waals surface area contributed by atoms with Gasteiger partial charge in [0.1, 0.15) is 11.8 Å². The van der Waals surface area contributed by atoms with E-state index in [1.807, 2.05) is 13.8 Å². The molecule has 3 heterocycles. The van der Waals surface area contributed by atoms with Crippen molar-refractivity contribution in [3.8, 4) is 6.07 Å². The van der Waals surface area contributed by atoms with Crippen LogP contribution in [0.1, 0.15) is 55.2 Å². The number of aryl methyl sites for hydroxylation is 1. The number of hydrogen-bond donors (Lipinski definition) is 2. The predicted molar refractivity (Wildman–Crippen MR) is 152 cm³/mol. The Bertz CT molecular complexity index is 1690. The molecule has 0 saturated heterocycles. The molecule has 0 radical (unpaired) electrons. The minimum Gasteiger partial charge on any atom is -0.383 e. The minimum absolute atomic E-state index is 0.0979. The second-order valence-corrected chi connectivity index (χ2v) is 11.8. The number of halogens is 6. The van der Waals surface area contributed by atoms with Crippen LogP contribution in [0.2, 0.25) is 5.02 Å². The molecule has 2 N–H and O–H groups in total. The van der Waals surface area contributed by atoms with Gasteiger partial charge in [-0.25, -0.2) is 9.67 Å². The van der Waals surface area contributed by atoms with Gasteiger partial charge >= 0.3 is 6.18 Å². The number of nitrogens with one attached hydrogen (secondary N) is 2. The fraction of sp³-hybridized carbons (Fsp3) is 0.393. The maximum atomic E-state index is 13.9. The van der Waals surface area contributed by atoms with Crippen LogP contribution in [0.4, 0.5) is 28.9 Å². The zero-order chi connectivity index (χ0) is 30.4. The highest BCUT2D eigenvalue weighted by Crippen LogP contribution is 2.55. The Hall–Kier alpha value is -3.69. The summed E-state index contributed by atoms with van der Waals surface area (Å²) < 4.78 is 56.2.